The first-order chi connectivity index (χ1) is 7.36. The number of rotatable bonds is 6. The van der Waals surface area contributed by atoms with Crippen molar-refractivity contribution >= 4 is 11.8 Å². The highest BCUT2D eigenvalue weighted by Crippen LogP contribution is 2.28. The van der Waals surface area contributed by atoms with Gasteiger partial charge < -0.3 is 5.32 Å². The Balaban J connectivity index is 2.06. The van der Waals surface area contributed by atoms with Gasteiger partial charge in [0.15, 0.2) is 0 Å². The molecular formula is C12H22N2S. The lowest BCUT2D eigenvalue weighted by atomic mass is 10.0. The SMILES string of the molecule is CCNC(C#N)CCSC1CCCCC1. The van der Waals surface area contributed by atoms with E-state index in [0.717, 1.165) is 24.0 Å². The molecule has 0 spiro atoms. The van der Waals surface area contributed by atoms with E-state index in [1.807, 2.05) is 0 Å². The Labute approximate surface area is 97.8 Å². The summed E-state index contributed by atoms with van der Waals surface area (Å²) in [6, 6.07) is 2.38. The Hall–Kier alpha value is -0.200. The van der Waals surface area contributed by atoms with Crippen LogP contribution in [0.4, 0.5) is 0 Å². The summed E-state index contributed by atoms with van der Waals surface area (Å²) >= 11 is 2.08. The van der Waals surface area contributed by atoms with Gasteiger partial charge in [-0.25, -0.2) is 0 Å². The zero-order valence-electron chi connectivity index (χ0n) is 9.67. The van der Waals surface area contributed by atoms with Crippen molar-refractivity contribution in [3.8, 4) is 6.07 Å². The zero-order valence-corrected chi connectivity index (χ0v) is 10.5. The molecule has 1 N–H and O–H groups in total. The highest BCUT2D eigenvalue weighted by Gasteiger charge is 2.14. The van der Waals surface area contributed by atoms with Crippen LogP contribution < -0.4 is 5.32 Å². The summed E-state index contributed by atoms with van der Waals surface area (Å²) in [5.74, 6) is 1.13. The first-order valence-electron chi connectivity index (χ1n) is 6.11. The second-order valence-electron chi connectivity index (χ2n) is 4.16. The molecule has 0 bridgehead atoms. The monoisotopic (exact) mass is 226 g/mol. The minimum atomic E-state index is 0.0612. The van der Waals surface area contributed by atoms with Crippen molar-refractivity contribution in [1.82, 2.24) is 5.32 Å². The Bertz CT molecular complexity index is 194. The van der Waals surface area contributed by atoms with Crippen molar-refractivity contribution < 1.29 is 0 Å². The van der Waals surface area contributed by atoms with Crippen LogP contribution in [0.25, 0.3) is 0 Å². The lowest BCUT2D eigenvalue weighted by Gasteiger charge is -2.21. The van der Waals surface area contributed by atoms with Crippen molar-refractivity contribution in [2.24, 2.45) is 0 Å². The van der Waals surface area contributed by atoms with Crippen LogP contribution in [0.1, 0.15) is 45.4 Å². The van der Waals surface area contributed by atoms with Gasteiger partial charge in [0, 0.05) is 5.25 Å². The van der Waals surface area contributed by atoms with Crippen LogP contribution in [0.3, 0.4) is 0 Å². The fraction of sp³-hybridized carbons (Fsp3) is 0.917. The van der Waals surface area contributed by atoms with Gasteiger partial charge in [-0.05, 0) is 31.6 Å². The summed E-state index contributed by atoms with van der Waals surface area (Å²) in [6.07, 6.45) is 8.02. The van der Waals surface area contributed by atoms with E-state index in [1.165, 1.54) is 32.1 Å². The van der Waals surface area contributed by atoms with Crippen LogP contribution in [-0.4, -0.2) is 23.6 Å². The number of hydrogen-bond acceptors (Lipinski definition) is 3. The molecule has 1 atom stereocenters. The van der Waals surface area contributed by atoms with Crippen molar-refractivity contribution in [3.05, 3.63) is 0 Å². The lowest BCUT2D eigenvalue weighted by Crippen LogP contribution is -2.28. The van der Waals surface area contributed by atoms with Crippen molar-refractivity contribution in [2.75, 3.05) is 12.3 Å². The zero-order chi connectivity index (χ0) is 10.9. The molecule has 0 radical (unpaired) electrons. The van der Waals surface area contributed by atoms with Crippen molar-refractivity contribution in [2.45, 2.75) is 56.7 Å². The average molecular weight is 226 g/mol. The summed E-state index contributed by atoms with van der Waals surface area (Å²) in [5, 5.41) is 12.9. The summed E-state index contributed by atoms with van der Waals surface area (Å²) in [4.78, 5) is 0. The lowest BCUT2D eigenvalue weighted by molar-refractivity contribution is 0.515. The molecule has 1 rings (SSSR count). The summed E-state index contributed by atoms with van der Waals surface area (Å²) < 4.78 is 0. The Kier molecular flexibility index (Phi) is 6.87. The molecule has 2 nitrogen and oxygen atoms in total. The molecule has 0 heterocycles. The standard InChI is InChI=1S/C12H22N2S/c1-2-14-11(10-13)8-9-15-12-6-4-3-5-7-12/h11-12,14H,2-9H2,1H3. The molecule has 0 amide bonds. The smallest absolute Gasteiger partial charge is 0.0960 e. The molecular weight excluding hydrogens is 204 g/mol. The van der Waals surface area contributed by atoms with Crippen LogP contribution in [-0.2, 0) is 0 Å². The maximum Gasteiger partial charge on any atom is 0.0960 e. The van der Waals surface area contributed by atoms with Crippen molar-refractivity contribution in [3.63, 3.8) is 0 Å². The third-order valence-corrected chi connectivity index (χ3v) is 4.33. The van der Waals surface area contributed by atoms with Crippen LogP contribution in [0.2, 0.25) is 0 Å². The van der Waals surface area contributed by atoms with Gasteiger partial charge in [0.2, 0.25) is 0 Å². The number of nitriles is 1. The molecule has 1 saturated carbocycles. The molecule has 1 aliphatic rings. The predicted octanol–water partition coefficient (Wildman–Crippen LogP) is 2.94. The summed E-state index contributed by atoms with van der Waals surface area (Å²) in [6.45, 7) is 2.95. The van der Waals surface area contributed by atoms with E-state index < -0.39 is 0 Å². The molecule has 0 saturated heterocycles. The number of thioether (sulfide) groups is 1. The molecule has 1 unspecified atom stereocenters. The molecule has 1 aliphatic carbocycles. The summed E-state index contributed by atoms with van der Waals surface area (Å²) in [5.41, 5.74) is 0. The van der Waals surface area contributed by atoms with Gasteiger partial charge in [-0.2, -0.15) is 17.0 Å². The molecule has 15 heavy (non-hydrogen) atoms. The molecule has 86 valence electrons. The highest BCUT2D eigenvalue weighted by atomic mass is 32.2. The van der Waals surface area contributed by atoms with Crippen molar-refractivity contribution in [1.29, 1.82) is 5.26 Å². The van der Waals surface area contributed by atoms with E-state index in [2.05, 4.69) is 30.1 Å². The Morgan fingerprint density at radius 1 is 1.40 bits per heavy atom. The van der Waals surface area contributed by atoms with Crippen LogP contribution in [0.15, 0.2) is 0 Å². The average Bonchev–Trinajstić information content (AvgIpc) is 2.29. The van der Waals surface area contributed by atoms with Gasteiger partial charge in [-0.15, -0.1) is 0 Å². The van der Waals surface area contributed by atoms with Gasteiger partial charge in [0.05, 0.1) is 12.1 Å². The highest BCUT2D eigenvalue weighted by molar-refractivity contribution is 7.99. The normalized spacial score (nSPS) is 19.7. The fourth-order valence-corrected chi connectivity index (χ4v) is 3.41. The number of nitrogens with zero attached hydrogens (tertiary/aromatic N) is 1. The predicted molar refractivity (Wildman–Crippen MR) is 67.0 cm³/mol. The largest absolute Gasteiger partial charge is 0.302 e. The Morgan fingerprint density at radius 3 is 2.73 bits per heavy atom. The third kappa shape index (κ3) is 5.44. The fourth-order valence-electron chi connectivity index (χ4n) is 2.04. The van der Waals surface area contributed by atoms with Gasteiger partial charge in [0.25, 0.3) is 0 Å². The van der Waals surface area contributed by atoms with Gasteiger partial charge >= 0.3 is 0 Å². The topological polar surface area (TPSA) is 35.8 Å². The maximum atomic E-state index is 8.87. The second-order valence-corrected chi connectivity index (χ2v) is 5.57. The number of hydrogen-bond donors (Lipinski definition) is 1. The molecule has 0 aliphatic heterocycles. The minimum Gasteiger partial charge on any atom is -0.302 e. The first kappa shape index (κ1) is 12.9. The van der Waals surface area contributed by atoms with Gasteiger partial charge in [-0.1, -0.05) is 26.2 Å². The molecule has 3 heteroatoms. The Morgan fingerprint density at radius 2 is 2.13 bits per heavy atom. The van der Waals surface area contributed by atoms with E-state index in [4.69, 9.17) is 5.26 Å². The second kappa shape index (κ2) is 8.01. The number of nitrogens with one attached hydrogen (secondary N) is 1. The minimum absolute atomic E-state index is 0.0612. The molecule has 0 aromatic rings. The van der Waals surface area contributed by atoms with E-state index in [9.17, 15) is 0 Å². The molecule has 0 aromatic heterocycles. The maximum absolute atomic E-state index is 8.87. The summed E-state index contributed by atoms with van der Waals surface area (Å²) in [7, 11) is 0. The first-order valence-corrected chi connectivity index (χ1v) is 7.16. The van der Waals surface area contributed by atoms with E-state index >= 15 is 0 Å². The van der Waals surface area contributed by atoms with Crippen LogP contribution in [0, 0.1) is 11.3 Å². The van der Waals surface area contributed by atoms with E-state index in [-0.39, 0.29) is 6.04 Å². The van der Waals surface area contributed by atoms with Crippen LogP contribution >= 0.6 is 11.8 Å². The van der Waals surface area contributed by atoms with E-state index in [0.29, 0.717) is 0 Å². The van der Waals surface area contributed by atoms with Gasteiger partial charge in [0.1, 0.15) is 0 Å². The molecule has 0 aromatic carbocycles. The van der Waals surface area contributed by atoms with Gasteiger partial charge in [-0.3, -0.25) is 0 Å². The quantitative estimate of drug-likeness (QED) is 0.756. The molecule has 1 fully saturated rings. The van der Waals surface area contributed by atoms with Crippen LogP contribution in [0.5, 0.6) is 0 Å². The third-order valence-electron chi connectivity index (χ3n) is 2.92. The van der Waals surface area contributed by atoms with E-state index in [1.54, 1.807) is 0 Å².